The molecule has 1 aliphatic heterocycles. The summed E-state index contributed by atoms with van der Waals surface area (Å²) < 4.78 is 37.1. The van der Waals surface area contributed by atoms with Gasteiger partial charge < -0.3 is 5.32 Å². The molecule has 1 N–H and O–H groups in total. The van der Waals surface area contributed by atoms with Crippen LogP contribution in [0.25, 0.3) is 0 Å². The zero-order valence-corrected chi connectivity index (χ0v) is 13.8. The highest BCUT2D eigenvalue weighted by molar-refractivity contribution is 4.85. The molecule has 126 valence electrons. The number of hydrogen-bond donors (Lipinski definition) is 1. The molecule has 1 saturated heterocycles. The molecular weight excluding hydrogens is 279 g/mol. The average Bonchev–Trinajstić information content (AvgIpc) is 2.33. The van der Waals surface area contributed by atoms with Gasteiger partial charge in [-0.3, -0.25) is 9.80 Å². The Balaban J connectivity index is 2.42. The molecule has 1 unspecified atom stereocenters. The van der Waals surface area contributed by atoms with Crippen LogP contribution in [0.4, 0.5) is 13.2 Å². The summed E-state index contributed by atoms with van der Waals surface area (Å²) in [5.41, 5.74) is 0.151. The van der Waals surface area contributed by atoms with E-state index in [0.717, 1.165) is 32.6 Å². The fraction of sp³-hybridized carbons (Fsp3) is 1.00. The lowest BCUT2D eigenvalue weighted by molar-refractivity contribution is -0.149. The zero-order valence-electron chi connectivity index (χ0n) is 13.8. The Bertz CT molecular complexity index is 292. The van der Waals surface area contributed by atoms with E-state index >= 15 is 0 Å². The van der Waals surface area contributed by atoms with Gasteiger partial charge in [-0.1, -0.05) is 27.7 Å². The first-order valence-electron chi connectivity index (χ1n) is 7.86. The molecule has 3 nitrogen and oxygen atoms in total. The van der Waals surface area contributed by atoms with Crippen molar-refractivity contribution in [3.05, 3.63) is 0 Å². The van der Waals surface area contributed by atoms with Gasteiger partial charge in [0.05, 0.1) is 6.54 Å². The minimum atomic E-state index is -4.08. The second-order valence-electron chi connectivity index (χ2n) is 7.06. The highest BCUT2D eigenvalue weighted by Crippen LogP contribution is 2.22. The van der Waals surface area contributed by atoms with Crippen LogP contribution in [0.15, 0.2) is 0 Å². The number of hydrogen-bond acceptors (Lipinski definition) is 3. The molecule has 1 aliphatic rings. The monoisotopic (exact) mass is 309 g/mol. The first-order chi connectivity index (χ1) is 9.62. The quantitative estimate of drug-likeness (QED) is 0.813. The zero-order chi connectivity index (χ0) is 16.1. The van der Waals surface area contributed by atoms with Crippen LogP contribution in [0.2, 0.25) is 0 Å². The summed E-state index contributed by atoms with van der Waals surface area (Å²) in [7, 11) is 0. The van der Waals surface area contributed by atoms with Crippen molar-refractivity contribution in [2.45, 2.75) is 46.3 Å². The Morgan fingerprint density at radius 2 is 1.52 bits per heavy atom. The molecule has 0 radical (unpaired) electrons. The van der Waals surface area contributed by atoms with E-state index in [-0.39, 0.29) is 5.41 Å². The standard InChI is InChI=1S/C15H30F3N3/c1-5-6-19-13(14(2,3)4)11-20-7-9-21(10-8-20)12-15(16,17)18/h13,19H,5-12H2,1-4H3. The van der Waals surface area contributed by atoms with Crippen LogP contribution in [-0.4, -0.2) is 67.8 Å². The summed E-state index contributed by atoms with van der Waals surface area (Å²) in [6.07, 6.45) is -3.00. The minimum Gasteiger partial charge on any atom is -0.312 e. The van der Waals surface area contributed by atoms with Gasteiger partial charge in [-0.05, 0) is 18.4 Å². The van der Waals surface area contributed by atoms with Crippen LogP contribution in [0.5, 0.6) is 0 Å². The molecule has 1 atom stereocenters. The second kappa shape index (κ2) is 7.79. The van der Waals surface area contributed by atoms with Gasteiger partial charge in [0.1, 0.15) is 0 Å². The molecule has 0 saturated carbocycles. The van der Waals surface area contributed by atoms with Gasteiger partial charge in [-0.15, -0.1) is 0 Å². The van der Waals surface area contributed by atoms with Crippen LogP contribution in [0.3, 0.4) is 0 Å². The molecule has 21 heavy (non-hydrogen) atoms. The van der Waals surface area contributed by atoms with E-state index in [9.17, 15) is 13.2 Å². The summed E-state index contributed by atoms with van der Waals surface area (Å²) in [5, 5.41) is 3.57. The molecule has 0 bridgehead atoms. The fourth-order valence-corrected chi connectivity index (χ4v) is 2.60. The fourth-order valence-electron chi connectivity index (χ4n) is 2.60. The molecule has 0 aromatic carbocycles. The van der Waals surface area contributed by atoms with Crippen molar-refractivity contribution < 1.29 is 13.2 Å². The molecular formula is C15H30F3N3. The van der Waals surface area contributed by atoms with E-state index in [1.807, 2.05) is 0 Å². The smallest absolute Gasteiger partial charge is 0.312 e. The van der Waals surface area contributed by atoms with Crippen molar-refractivity contribution in [3.63, 3.8) is 0 Å². The largest absolute Gasteiger partial charge is 0.401 e. The van der Waals surface area contributed by atoms with Gasteiger partial charge in [0, 0.05) is 38.8 Å². The van der Waals surface area contributed by atoms with Crippen molar-refractivity contribution in [1.82, 2.24) is 15.1 Å². The van der Waals surface area contributed by atoms with Crippen LogP contribution >= 0.6 is 0 Å². The second-order valence-corrected chi connectivity index (χ2v) is 7.06. The predicted octanol–water partition coefficient (Wildman–Crippen LogP) is 2.58. The van der Waals surface area contributed by atoms with Crippen LogP contribution in [-0.2, 0) is 0 Å². The van der Waals surface area contributed by atoms with Gasteiger partial charge in [0.15, 0.2) is 0 Å². The van der Waals surface area contributed by atoms with Crippen LogP contribution in [0.1, 0.15) is 34.1 Å². The van der Waals surface area contributed by atoms with E-state index in [1.165, 1.54) is 4.90 Å². The highest BCUT2D eigenvalue weighted by Gasteiger charge is 2.33. The lowest BCUT2D eigenvalue weighted by Crippen LogP contribution is -2.55. The van der Waals surface area contributed by atoms with Crippen LogP contribution in [0, 0.1) is 5.41 Å². The summed E-state index contributed by atoms with van der Waals surface area (Å²) >= 11 is 0. The van der Waals surface area contributed by atoms with Gasteiger partial charge in [-0.25, -0.2) is 0 Å². The molecule has 0 spiro atoms. The predicted molar refractivity (Wildman–Crippen MR) is 80.5 cm³/mol. The summed E-state index contributed by atoms with van der Waals surface area (Å²) in [5.74, 6) is 0. The number of piperazine rings is 1. The van der Waals surface area contributed by atoms with E-state index in [1.54, 1.807) is 0 Å². The lowest BCUT2D eigenvalue weighted by Gasteiger charge is -2.40. The molecule has 1 rings (SSSR count). The third kappa shape index (κ3) is 7.47. The SMILES string of the molecule is CCCNC(CN1CCN(CC(F)(F)F)CC1)C(C)(C)C. The van der Waals surface area contributed by atoms with Crippen molar-refractivity contribution in [3.8, 4) is 0 Å². The summed E-state index contributed by atoms with van der Waals surface area (Å²) in [6.45, 7) is 12.3. The normalized spacial score (nSPS) is 20.7. The minimum absolute atomic E-state index is 0.151. The van der Waals surface area contributed by atoms with Crippen LogP contribution < -0.4 is 5.32 Å². The van der Waals surface area contributed by atoms with Crippen molar-refractivity contribution in [1.29, 1.82) is 0 Å². The summed E-state index contributed by atoms with van der Waals surface area (Å²) in [6, 6.07) is 0.367. The first kappa shape index (κ1) is 18.7. The maximum absolute atomic E-state index is 12.4. The van der Waals surface area contributed by atoms with E-state index < -0.39 is 12.7 Å². The number of alkyl halides is 3. The Kier molecular flexibility index (Phi) is 6.94. The van der Waals surface area contributed by atoms with E-state index in [2.05, 4.69) is 37.9 Å². The summed E-state index contributed by atoms with van der Waals surface area (Å²) in [4.78, 5) is 3.79. The molecule has 6 heteroatoms. The Hall–Kier alpha value is -0.330. The molecule has 0 aromatic rings. The number of nitrogens with zero attached hydrogens (tertiary/aromatic N) is 2. The van der Waals surface area contributed by atoms with Gasteiger partial charge in [0.2, 0.25) is 0 Å². The van der Waals surface area contributed by atoms with Crippen molar-refractivity contribution in [2.75, 3.05) is 45.8 Å². The third-order valence-corrected chi connectivity index (χ3v) is 3.99. The van der Waals surface area contributed by atoms with Crippen molar-refractivity contribution in [2.24, 2.45) is 5.41 Å². The maximum Gasteiger partial charge on any atom is 0.401 e. The Labute approximate surface area is 126 Å². The Morgan fingerprint density at radius 1 is 1.00 bits per heavy atom. The number of rotatable bonds is 6. The lowest BCUT2D eigenvalue weighted by atomic mass is 9.86. The Morgan fingerprint density at radius 3 is 1.95 bits per heavy atom. The average molecular weight is 309 g/mol. The highest BCUT2D eigenvalue weighted by atomic mass is 19.4. The maximum atomic E-state index is 12.4. The molecule has 0 aromatic heterocycles. The van der Waals surface area contributed by atoms with E-state index in [4.69, 9.17) is 0 Å². The topological polar surface area (TPSA) is 18.5 Å². The van der Waals surface area contributed by atoms with Gasteiger partial charge in [-0.2, -0.15) is 13.2 Å². The van der Waals surface area contributed by atoms with Gasteiger partial charge in [0.25, 0.3) is 0 Å². The van der Waals surface area contributed by atoms with Crippen molar-refractivity contribution >= 4 is 0 Å². The molecule has 0 aliphatic carbocycles. The molecule has 0 amide bonds. The molecule has 1 heterocycles. The first-order valence-corrected chi connectivity index (χ1v) is 7.86. The number of nitrogens with one attached hydrogen (secondary N) is 1. The molecule has 1 fully saturated rings. The third-order valence-electron chi connectivity index (χ3n) is 3.99. The van der Waals surface area contributed by atoms with E-state index in [0.29, 0.717) is 19.1 Å². The van der Waals surface area contributed by atoms with Gasteiger partial charge >= 0.3 is 6.18 Å². The number of halogens is 3.